The van der Waals surface area contributed by atoms with E-state index < -0.39 is 9.85 Å². The third-order valence-electron chi connectivity index (χ3n) is 7.52. The Morgan fingerprint density at radius 1 is 0.681 bits per heavy atom. The van der Waals surface area contributed by atoms with Gasteiger partial charge in [-0.25, -0.2) is 15.0 Å². The van der Waals surface area contributed by atoms with Crippen molar-refractivity contribution >= 4 is 40.3 Å². The highest BCUT2D eigenvalue weighted by molar-refractivity contribution is 6.29. The van der Waals surface area contributed by atoms with Crippen LogP contribution in [0.15, 0.2) is 55.0 Å². The number of anilines is 3. The molecule has 6 heterocycles. The number of nitrogens with zero attached hydrogens (tertiary/aromatic N) is 7. The predicted octanol–water partition coefficient (Wildman–Crippen LogP) is 2.95. The number of aromatic nitrogens is 3. The molecule has 0 spiro atoms. The molecule has 3 saturated heterocycles. The van der Waals surface area contributed by atoms with Crippen LogP contribution in [0.25, 0.3) is 0 Å². The van der Waals surface area contributed by atoms with Crippen molar-refractivity contribution in [1.82, 2.24) is 20.3 Å². The van der Waals surface area contributed by atoms with Crippen molar-refractivity contribution in [1.29, 1.82) is 0 Å². The lowest BCUT2D eigenvalue weighted by Gasteiger charge is -2.30. The van der Waals surface area contributed by atoms with Crippen molar-refractivity contribution in [2.45, 2.75) is 56.8 Å². The highest BCUT2D eigenvalue weighted by Gasteiger charge is 2.19. The molecule has 0 unspecified atom stereocenters. The van der Waals surface area contributed by atoms with Crippen LogP contribution in [0.5, 0.6) is 0 Å². The van der Waals surface area contributed by atoms with Crippen LogP contribution in [0.1, 0.15) is 38.5 Å². The molecule has 0 radical (unpaired) electrons. The van der Waals surface area contributed by atoms with Crippen LogP contribution in [0, 0.1) is 20.2 Å². The second kappa shape index (κ2) is 19.4. The molecule has 17 heteroatoms. The summed E-state index contributed by atoms with van der Waals surface area (Å²) in [6.07, 6.45) is 8.61. The van der Waals surface area contributed by atoms with Crippen molar-refractivity contribution in [3.05, 3.63) is 80.4 Å². The maximum Gasteiger partial charge on any atom is 0.287 e. The molecular formula is C30H42ClN9O7. The Balaban J connectivity index is 0.000000177. The first kappa shape index (κ1) is 37.2. The molecule has 0 saturated carbocycles. The SMILES string of the molecule is Nc1ccc(N2CCC(O)CC2)nc1.O=[N+]([O-])c1ccc(Cl)nc1.O=[N+]([O-])c1ccc(N2CCC(O)CC2)nc1.OC1CCNCC1. The molecule has 3 fully saturated rings. The fourth-order valence-electron chi connectivity index (χ4n) is 4.73. The Labute approximate surface area is 277 Å². The number of nitrogens with one attached hydrogen (secondary N) is 1. The summed E-state index contributed by atoms with van der Waals surface area (Å²) in [6.45, 7) is 5.20. The summed E-state index contributed by atoms with van der Waals surface area (Å²) in [7, 11) is 0. The molecule has 3 aliphatic rings. The molecule has 256 valence electrons. The molecule has 3 aliphatic heterocycles. The van der Waals surface area contributed by atoms with Crippen LogP contribution >= 0.6 is 11.6 Å². The predicted molar refractivity (Wildman–Crippen MR) is 178 cm³/mol. The number of nitrogen functional groups attached to an aromatic ring is 1. The molecule has 6 rings (SSSR count). The number of nitrogens with two attached hydrogens (primary N) is 1. The lowest BCUT2D eigenvalue weighted by atomic mass is 10.1. The average molecular weight is 676 g/mol. The quantitative estimate of drug-likeness (QED) is 0.152. The Morgan fingerprint density at radius 3 is 1.45 bits per heavy atom. The van der Waals surface area contributed by atoms with Gasteiger partial charge in [-0.3, -0.25) is 20.2 Å². The first-order chi connectivity index (χ1) is 22.5. The normalized spacial score (nSPS) is 17.2. The fraction of sp³-hybridized carbons (Fsp3) is 0.500. The van der Waals surface area contributed by atoms with Crippen LogP contribution in [-0.2, 0) is 0 Å². The van der Waals surface area contributed by atoms with Gasteiger partial charge in [0, 0.05) is 38.3 Å². The highest BCUT2D eigenvalue weighted by atomic mass is 35.5. The Hall–Kier alpha value is -4.22. The van der Waals surface area contributed by atoms with E-state index in [0.29, 0.717) is 5.69 Å². The van der Waals surface area contributed by atoms with E-state index in [0.717, 1.165) is 95.6 Å². The molecule has 16 nitrogen and oxygen atoms in total. The number of hydrogen-bond donors (Lipinski definition) is 5. The van der Waals surface area contributed by atoms with Crippen LogP contribution in [-0.4, -0.2) is 97.7 Å². The largest absolute Gasteiger partial charge is 0.397 e. The number of aliphatic hydroxyl groups excluding tert-OH is 3. The van der Waals surface area contributed by atoms with Crippen molar-refractivity contribution in [2.75, 3.05) is 54.8 Å². The lowest BCUT2D eigenvalue weighted by molar-refractivity contribution is -0.385. The first-order valence-electron chi connectivity index (χ1n) is 15.3. The summed E-state index contributed by atoms with van der Waals surface area (Å²) >= 11 is 5.38. The summed E-state index contributed by atoms with van der Waals surface area (Å²) in [5.74, 6) is 1.68. The molecule has 3 aromatic rings. The van der Waals surface area contributed by atoms with Crippen LogP contribution in [0.3, 0.4) is 0 Å². The number of nitro groups is 2. The minimum atomic E-state index is -0.524. The summed E-state index contributed by atoms with van der Waals surface area (Å²) in [5, 5.41) is 51.5. The Morgan fingerprint density at radius 2 is 1.11 bits per heavy atom. The average Bonchev–Trinajstić information content (AvgIpc) is 3.07. The Bertz CT molecular complexity index is 1350. The van der Waals surface area contributed by atoms with E-state index in [-0.39, 0.29) is 34.8 Å². The number of pyridine rings is 3. The molecule has 6 N–H and O–H groups in total. The maximum atomic E-state index is 10.5. The lowest BCUT2D eigenvalue weighted by Crippen LogP contribution is -2.36. The van der Waals surface area contributed by atoms with E-state index >= 15 is 0 Å². The molecule has 0 atom stereocenters. The summed E-state index contributed by atoms with van der Waals surface area (Å²) in [4.78, 5) is 35.5. The van der Waals surface area contributed by atoms with Crippen LogP contribution in [0.4, 0.5) is 28.7 Å². The van der Waals surface area contributed by atoms with E-state index in [1.165, 1.54) is 24.4 Å². The van der Waals surface area contributed by atoms with Gasteiger partial charge >= 0.3 is 0 Å². The van der Waals surface area contributed by atoms with E-state index in [1.807, 2.05) is 17.0 Å². The number of aliphatic hydroxyl groups is 3. The van der Waals surface area contributed by atoms with Crippen molar-refractivity contribution in [2.24, 2.45) is 0 Å². The van der Waals surface area contributed by atoms with Gasteiger partial charge in [-0.2, -0.15) is 0 Å². The minimum Gasteiger partial charge on any atom is -0.397 e. The van der Waals surface area contributed by atoms with Gasteiger partial charge in [-0.1, -0.05) is 11.6 Å². The van der Waals surface area contributed by atoms with E-state index in [1.54, 1.807) is 12.3 Å². The maximum absolute atomic E-state index is 10.5. The van der Waals surface area contributed by atoms with Gasteiger partial charge in [0.15, 0.2) is 0 Å². The second-order valence-corrected chi connectivity index (χ2v) is 11.5. The summed E-state index contributed by atoms with van der Waals surface area (Å²) < 4.78 is 0. The van der Waals surface area contributed by atoms with Crippen molar-refractivity contribution < 1.29 is 25.2 Å². The zero-order chi connectivity index (χ0) is 34.2. The van der Waals surface area contributed by atoms with Gasteiger partial charge in [-0.05, 0) is 75.9 Å². The zero-order valence-electron chi connectivity index (χ0n) is 26.0. The van der Waals surface area contributed by atoms with Crippen molar-refractivity contribution in [3.63, 3.8) is 0 Å². The molecule has 0 aromatic carbocycles. The number of piperidine rings is 3. The van der Waals surface area contributed by atoms with Gasteiger partial charge in [0.2, 0.25) is 0 Å². The summed E-state index contributed by atoms with van der Waals surface area (Å²) in [5.41, 5.74) is 6.19. The van der Waals surface area contributed by atoms with E-state index in [4.69, 9.17) is 22.4 Å². The van der Waals surface area contributed by atoms with Gasteiger partial charge in [0.1, 0.15) is 29.2 Å². The van der Waals surface area contributed by atoms with Gasteiger partial charge in [-0.15, -0.1) is 0 Å². The monoisotopic (exact) mass is 675 g/mol. The smallest absolute Gasteiger partial charge is 0.287 e. The zero-order valence-corrected chi connectivity index (χ0v) is 26.7. The molecule has 0 amide bonds. The standard InChI is InChI=1S/C10H13N3O3.C10H15N3O.C5H3ClN2O2.C5H11NO/c14-9-3-5-12(6-4-9)10-2-1-8(7-11-10)13(15)16;11-8-1-2-10(12-7-8)13-5-3-9(14)4-6-13;6-5-2-1-4(3-7-5)8(9)10;7-5-1-3-6-4-2-5/h1-2,7,9,14H,3-6H2;1-2,7,9,14H,3-6,11H2;1-3H;5-7H,1-4H2. The molecular weight excluding hydrogens is 634 g/mol. The molecule has 0 aliphatic carbocycles. The van der Waals surface area contributed by atoms with E-state index in [9.17, 15) is 30.4 Å². The third kappa shape index (κ3) is 13.6. The minimum absolute atomic E-state index is 0.000735. The summed E-state index contributed by atoms with van der Waals surface area (Å²) in [6, 6.07) is 9.55. The topological polar surface area (TPSA) is 230 Å². The number of rotatable bonds is 4. The van der Waals surface area contributed by atoms with Crippen LogP contribution < -0.4 is 20.9 Å². The van der Waals surface area contributed by atoms with Gasteiger partial charge < -0.3 is 36.2 Å². The fourth-order valence-corrected chi connectivity index (χ4v) is 4.84. The number of halogens is 1. The Kier molecular flexibility index (Phi) is 15.4. The van der Waals surface area contributed by atoms with Crippen LogP contribution in [0.2, 0.25) is 5.15 Å². The third-order valence-corrected chi connectivity index (χ3v) is 7.75. The molecule has 47 heavy (non-hydrogen) atoms. The second-order valence-electron chi connectivity index (χ2n) is 11.1. The van der Waals surface area contributed by atoms with Gasteiger partial charge in [0.05, 0.1) is 40.0 Å². The van der Waals surface area contributed by atoms with Crippen molar-refractivity contribution in [3.8, 4) is 0 Å². The molecule has 0 bridgehead atoms. The van der Waals surface area contributed by atoms with E-state index in [2.05, 4.69) is 25.2 Å². The molecule has 3 aromatic heterocycles. The highest BCUT2D eigenvalue weighted by Crippen LogP contribution is 2.20. The first-order valence-corrected chi connectivity index (χ1v) is 15.7. The van der Waals surface area contributed by atoms with Gasteiger partial charge in [0.25, 0.3) is 11.4 Å². The number of hydrogen-bond acceptors (Lipinski definition) is 14.